The van der Waals surface area contributed by atoms with Gasteiger partial charge in [0.15, 0.2) is 5.25 Å². The standard InChI is InChI=1S/C16H18N2O7S2.2Na/c1-16(2)11(15(21)22)18-13(20)9(14(18)26-16)17-12(19)10(27(23,24)25)8-6-4-3-5-7-8;;/h3-7,9-11,14H,1-2H3,(H,17,19)(H,21,22)(H,23,24,25);;/t9-,10?,11+,14-;;/m1../s1. The summed E-state index contributed by atoms with van der Waals surface area (Å²) in [6.45, 7) is 3.37. The molecular formula is C16H18N2Na2O7S2. The molecule has 2 aliphatic heterocycles. The average Bonchev–Trinajstić information content (AvgIpc) is 2.81. The van der Waals surface area contributed by atoms with Crippen molar-refractivity contribution in [1.82, 2.24) is 10.2 Å². The Morgan fingerprint density at radius 2 is 1.76 bits per heavy atom. The summed E-state index contributed by atoms with van der Waals surface area (Å²) < 4.78 is 32.2. The van der Waals surface area contributed by atoms with Gasteiger partial charge in [0.05, 0.1) is 0 Å². The number of amides is 2. The minimum atomic E-state index is -4.77. The number of hydrogen-bond donors (Lipinski definition) is 3. The first-order valence-corrected chi connectivity index (χ1v) is 10.4. The number of thioether (sulfide) groups is 1. The molecule has 2 amide bonds. The maximum Gasteiger partial charge on any atom is 0.327 e. The van der Waals surface area contributed by atoms with E-state index in [-0.39, 0.29) is 64.7 Å². The summed E-state index contributed by atoms with van der Waals surface area (Å²) in [5.74, 6) is -2.78. The van der Waals surface area contributed by atoms with Gasteiger partial charge in [0.1, 0.15) is 17.5 Å². The molecule has 0 spiro atoms. The summed E-state index contributed by atoms with van der Waals surface area (Å²) in [7, 11) is -4.77. The van der Waals surface area contributed by atoms with Crippen LogP contribution in [0.5, 0.6) is 0 Å². The molecule has 2 fully saturated rings. The van der Waals surface area contributed by atoms with Gasteiger partial charge in [-0.05, 0) is 19.4 Å². The van der Waals surface area contributed by atoms with Gasteiger partial charge in [-0.3, -0.25) is 14.1 Å². The number of carboxylic acids is 1. The summed E-state index contributed by atoms with van der Waals surface area (Å²) >= 11 is 1.22. The van der Waals surface area contributed by atoms with Crippen molar-refractivity contribution in [3.63, 3.8) is 0 Å². The first-order valence-electron chi connectivity index (χ1n) is 7.99. The van der Waals surface area contributed by atoms with E-state index in [0.717, 1.165) is 0 Å². The van der Waals surface area contributed by atoms with E-state index < -0.39 is 55.4 Å². The molecule has 1 unspecified atom stereocenters. The molecule has 2 radical (unpaired) electrons. The Morgan fingerprint density at radius 3 is 2.24 bits per heavy atom. The molecule has 0 aromatic heterocycles. The fourth-order valence-electron chi connectivity index (χ4n) is 3.46. The monoisotopic (exact) mass is 460 g/mol. The van der Waals surface area contributed by atoms with Crippen molar-refractivity contribution in [2.24, 2.45) is 0 Å². The number of aliphatic carboxylic acids is 1. The Hall–Kier alpha value is -0.110. The Bertz CT molecular complexity index is 911. The first kappa shape index (κ1) is 26.9. The van der Waals surface area contributed by atoms with Crippen LogP contribution in [-0.4, -0.2) is 122 Å². The van der Waals surface area contributed by atoms with Gasteiger partial charge in [0.25, 0.3) is 10.1 Å². The fourth-order valence-corrected chi connectivity index (χ4v) is 5.93. The van der Waals surface area contributed by atoms with Crippen molar-refractivity contribution in [3.05, 3.63) is 35.9 Å². The maximum absolute atomic E-state index is 12.6. The average molecular weight is 460 g/mol. The molecule has 0 saturated carbocycles. The van der Waals surface area contributed by atoms with Crippen LogP contribution in [-0.2, 0) is 24.5 Å². The number of nitrogens with zero attached hydrogens (tertiary/aromatic N) is 1. The zero-order chi connectivity index (χ0) is 20.1. The third-order valence-electron chi connectivity index (χ3n) is 4.61. The van der Waals surface area contributed by atoms with Gasteiger partial charge in [-0.25, -0.2) is 4.79 Å². The van der Waals surface area contributed by atoms with Crippen LogP contribution in [0.2, 0.25) is 0 Å². The van der Waals surface area contributed by atoms with Crippen molar-refractivity contribution in [2.45, 2.75) is 41.3 Å². The van der Waals surface area contributed by atoms with Crippen molar-refractivity contribution < 1.29 is 32.5 Å². The van der Waals surface area contributed by atoms with Gasteiger partial charge in [-0.2, -0.15) is 8.42 Å². The molecular weight excluding hydrogens is 442 g/mol. The second-order valence-electron chi connectivity index (χ2n) is 6.89. The Labute approximate surface area is 216 Å². The number of nitrogens with one attached hydrogen (secondary N) is 1. The smallest absolute Gasteiger partial charge is 0.327 e. The number of fused-ring (bicyclic) bond motifs is 1. The van der Waals surface area contributed by atoms with E-state index in [4.69, 9.17) is 0 Å². The molecule has 29 heavy (non-hydrogen) atoms. The van der Waals surface area contributed by atoms with Gasteiger partial charge in [-0.15, -0.1) is 11.8 Å². The molecule has 9 nitrogen and oxygen atoms in total. The number of β-lactam (4-membered cyclic amide) rings is 1. The van der Waals surface area contributed by atoms with E-state index in [2.05, 4.69) is 5.32 Å². The summed E-state index contributed by atoms with van der Waals surface area (Å²) in [5, 5.41) is 9.26. The number of benzene rings is 1. The molecule has 148 valence electrons. The SMILES string of the molecule is CC1(C)S[C@@H]2[C@H](NC(=O)C(c3ccccc3)S(=O)(=O)O)C(=O)N2[C@H]1C(=O)O.[Na].[Na]. The van der Waals surface area contributed by atoms with Crippen molar-refractivity contribution in [2.75, 3.05) is 0 Å². The van der Waals surface area contributed by atoms with E-state index in [0.29, 0.717) is 0 Å². The van der Waals surface area contributed by atoms with Crippen LogP contribution in [0.1, 0.15) is 24.7 Å². The van der Waals surface area contributed by atoms with E-state index >= 15 is 0 Å². The van der Waals surface area contributed by atoms with E-state index in [1.807, 2.05) is 0 Å². The Balaban J connectivity index is 0.00000210. The van der Waals surface area contributed by atoms with Gasteiger partial charge >= 0.3 is 5.97 Å². The van der Waals surface area contributed by atoms with Gasteiger partial charge in [0.2, 0.25) is 11.8 Å². The van der Waals surface area contributed by atoms with Crippen LogP contribution in [0.25, 0.3) is 0 Å². The van der Waals surface area contributed by atoms with Crippen LogP contribution < -0.4 is 5.32 Å². The Kier molecular flexibility index (Phi) is 8.89. The first-order chi connectivity index (χ1) is 12.4. The molecule has 3 rings (SSSR count). The van der Waals surface area contributed by atoms with Crippen molar-refractivity contribution in [3.8, 4) is 0 Å². The summed E-state index contributed by atoms with van der Waals surface area (Å²) in [4.78, 5) is 37.7. The summed E-state index contributed by atoms with van der Waals surface area (Å²) in [6, 6.07) is 5.31. The van der Waals surface area contributed by atoms with Crippen LogP contribution in [0.4, 0.5) is 0 Å². The molecule has 2 aliphatic rings. The van der Waals surface area contributed by atoms with Crippen molar-refractivity contribution >= 4 is 98.8 Å². The molecule has 3 N–H and O–H groups in total. The zero-order valence-electron chi connectivity index (χ0n) is 16.4. The molecule has 1 aromatic rings. The predicted octanol–water partition coefficient (Wildman–Crippen LogP) is -0.514. The molecule has 0 aliphatic carbocycles. The zero-order valence-corrected chi connectivity index (χ0v) is 22.0. The third kappa shape index (κ3) is 5.04. The Morgan fingerprint density at radius 1 is 1.21 bits per heavy atom. The van der Waals surface area contributed by atoms with Gasteiger partial charge < -0.3 is 15.3 Å². The minimum Gasteiger partial charge on any atom is -0.480 e. The fraction of sp³-hybridized carbons (Fsp3) is 0.438. The number of carbonyl (C=O) groups is 3. The van der Waals surface area contributed by atoms with Crippen molar-refractivity contribution in [1.29, 1.82) is 0 Å². The van der Waals surface area contributed by atoms with Gasteiger partial charge in [-0.1, -0.05) is 30.3 Å². The largest absolute Gasteiger partial charge is 0.480 e. The van der Waals surface area contributed by atoms with Crippen LogP contribution in [0.15, 0.2) is 30.3 Å². The van der Waals surface area contributed by atoms with E-state index in [9.17, 15) is 32.5 Å². The topological polar surface area (TPSA) is 141 Å². The third-order valence-corrected chi connectivity index (χ3v) is 7.26. The molecule has 4 atom stereocenters. The normalized spacial score (nSPS) is 25.6. The summed E-state index contributed by atoms with van der Waals surface area (Å²) in [6.07, 6.45) is 0. The molecule has 2 saturated heterocycles. The number of hydrogen-bond acceptors (Lipinski definition) is 6. The van der Waals surface area contributed by atoms with Gasteiger partial charge in [0, 0.05) is 63.9 Å². The van der Waals surface area contributed by atoms with E-state index in [1.165, 1.54) is 40.9 Å². The quantitative estimate of drug-likeness (QED) is 0.303. The molecule has 0 bridgehead atoms. The minimum absolute atomic E-state index is 0. The van der Waals surface area contributed by atoms with E-state index in [1.54, 1.807) is 19.9 Å². The number of carbonyl (C=O) groups excluding carboxylic acids is 2. The van der Waals surface area contributed by atoms with Crippen LogP contribution in [0.3, 0.4) is 0 Å². The summed E-state index contributed by atoms with van der Waals surface area (Å²) in [5.41, 5.74) is 0.0592. The van der Waals surface area contributed by atoms with Crippen LogP contribution >= 0.6 is 11.8 Å². The second kappa shape index (κ2) is 9.58. The maximum atomic E-state index is 12.6. The van der Waals surface area contributed by atoms with Crippen LogP contribution in [0, 0.1) is 0 Å². The molecule has 1 aromatic carbocycles. The second-order valence-corrected chi connectivity index (χ2v) is 10.2. The predicted molar refractivity (Wildman–Crippen MR) is 108 cm³/mol. The number of rotatable bonds is 5. The molecule has 13 heteroatoms. The molecule has 2 heterocycles. The number of carboxylic acid groups (broad SMARTS) is 1.